The van der Waals surface area contributed by atoms with Crippen LogP contribution in [0.1, 0.15) is 12.0 Å². The van der Waals surface area contributed by atoms with Crippen molar-refractivity contribution < 1.29 is 4.79 Å². The summed E-state index contributed by atoms with van der Waals surface area (Å²) < 4.78 is 0. The summed E-state index contributed by atoms with van der Waals surface area (Å²) in [4.78, 5) is 16.4. The van der Waals surface area contributed by atoms with Gasteiger partial charge in [0.15, 0.2) is 0 Å². The van der Waals surface area contributed by atoms with Gasteiger partial charge in [-0.3, -0.25) is 9.69 Å². The number of benzene rings is 1. The Kier molecular flexibility index (Phi) is 7.60. The molecule has 6 heteroatoms. The smallest absolute Gasteiger partial charge is 0.263 e. The van der Waals surface area contributed by atoms with Crippen LogP contribution in [0.4, 0.5) is 0 Å². The summed E-state index contributed by atoms with van der Waals surface area (Å²) in [5.74, 6) is 0.171. The Morgan fingerprint density at radius 2 is 1.96 bits per heavy atom. The number of nitriles is 1. The molecule has 0 bridgehead atoms. The molecule has 0 unspecified atom stereocenters. The van der Waals surface area contributed by atoms with E-state index in [0.717, 1.165) is 32.7 Å². The zero-order chi connectivity index (χ0) is 17.2. The van der Waals surface area contributed by atoms with Crippen LogP contribution >= 0.6 is 11.6 Å². The van der Waals surface area contributed by atoms with E-state index < -0.39 is 0 Å². The minimum atomic E-state index is -0.325. The van der Waals surface area contributed by atoms with Gasteiger partial charge in [0.05, 0.1) is 0 Å². The van der Waals surface area contributed by atoms with Crippen LogP contribution in [0.15, 0.2) is 42.1 Å². The van der Waals surface area contributed by atoms with Crippen LogP contribution in [0.2, 0.25) is 0 Å². The van der Waals surface area contributed by atoms with E-state index in [9.17, 15) is 10.1 Å². The molecule has 1 aromatic carbocycles. The van der Waals surface area contributed by atoms with Crippen molar-refractivity contribution in [3.63, 3.8) is 0 Å². The molecular formula is C18H23ClN4O. The maximum Gasteiger partial charge on any atom is 0.263 e. The fourth-order valence-corrected chi connectivity index (χ4v) is 2.71. The second-order valence-electron chi connectivity index (χ2n) is 5.75. The number of hydrogen-bond donors (Lipinski definition) is 1. The maximum absolute atomic E-state index is 11.9. The number of rotatable bonds is 7. The Bertz CT molecular complexity index is 589. The minimum absolute atomic E-state index is 0.154. The van der Waals surface area contributed by atoms with E-state index in [0.29, 0.717) is 18.8 Å². The SMILES string of the molecule is N#C/C(=C/N1CCN(Cc2ccccc2)CC1)C(=O)NCCCCl. The lowest BCUT2D eigenvalue weighted by Gasteiger charge is -2.34. The van der Waals surface area contributed by atoms with Crippen molar-refractivity contribution in [3.8, 4) is 6.07 Å². The van der Waals surface area contributed by atoms with Crippen LogP contribution in [-0.4, -0.2) is 54.3 Å². The average Bonchev–Trinajstić information content (AvgIpc) is 2.62. The Labute approximate surface area is 148 Å². The summed E-state index contributed by atoms with van der Waals surface area (Å²) in [6.07, 6.45) is 2.38. The van der Waals surface area contributed by atoms with Gasteiger partial charge in [-0.1, -0.05) is 30.3 Å². The van der Waals surface area contributed by atoms with Gasteiger partial charge in [-0.2, -0.15) is 5.26 Å². The standard InChI is InChI=1S/C18H23ClN4O/c19-7-4-8-21-18(24)17(13-20)15-23-11-9-22(10-12-23)14-16-5-2-1-3-6-16/h1-3,5-6,15H,4,7-12,14H2,(H,21,24)/b17-15-. The van der Waals surface area contributed by atoms with Crippen molar-refractivity contribution in [1.29, 1.82) is 5.26 Å². The highest BCUT2D eigenvalue weighted by Gasteiger charge is 2.17. The van der Waals surface area contributed by atoms with Gasteiger partial charge in [0, 0.05) is 51.3 Å². The summed E-state index contributed by atoms with van der Waals surface area (Å²) in [7, 11) is 0. The van der Waals surface area contributed by atoms with E-state index in [1.807, 2.05) is 17.0 Å². The van der Waals surface area contributed by atoms with Gasteiger partial charge in [-0.25, -0.2) is 0 Å². The number of alkyl halides is 1. The van der Waals surface area contributed by atoms with Crippen molar-refractivity contribution in [2.75, 3.05) is 38.6 Å². The monoisotopic (exact) mass is 346 g/mol. The third-order valence-corrected chi connectivity index (χ3v) is 4.20. The highest BCUT2D eigenvalue weighted by molar-refractivity contribution is 6.17. The van der Waals surface area contributed by atoms with Crippen LogP contribution in [-0.2, 0) is 11.3 Å². The molecule has 24 heavy (non-hydrogen) atoms. The van der Waals surface area contributed by atoms with Gasteiger partial charge in [-0.05, 0) is 12.0 Å². The molecule has 1 aliphatic heterocycles. The lowest BCUT2D eigenvalue weighted by molar-refractivity contribution is -0.117. The van der Waals surface area contributed by atoms with Crippen molar-refractivity contribution in [2.24, 2.45) is 0 Å². The van der Waals surface area contributed by atoms with Crippen molar-refractivity contribution in [1.82, 2.24) is 15.1 Å². The molecule has 1 fully saturated rings. The first-order chi connectivity index (χ1) is 11.7. The fourth-order valence-electron chi connectivity index (χ4n) is 2.58. The van der Waals surface area contributed by atoms with Gasteiger partial charge in [0.25, 0.3) is 5.91 Å². The zero-order valence-corrected chi connectivity index (χ0v) is 14.5. The summed E-state index contributed by atoms with van der Waals surface area (Å²) in [5.41, 5.74) is 1.46. The van der Waals surface area contributed by atoms with Crippen LogP contribution in [0.3, 0.4) is 0 Å². The van der Waals surface area contributed by atoms with E-state index in [1.54, 1.807) is 6.20 Å². The Morgan fingerprint density at radius 3 is 2.58 bits per heavy atom. The first-order valence-electron chi connectivity index (χ1n) is 8.19. The Morgan fingerprint density at radius 1 is 1.25 bits per heavy atom. The lowest BCUT2D eigenvalue weighted by atomic mass is 10.2. The molecule has 0 spiro atoms. The third kappa shape index (κ3) is 5.88. The predicted octanol–water partition coefficient (Wildman–Crippen LogP) is 1.96. The number of carbonyl (C=O) groups excluding carboxylic acids is 1. The second-order valence-corrected chi connectivity index (χ2v) is 6.13. The van der Waals surface area contributed by atoms with Crippen LogP contribution in [0.25, 0.3) is 0 Å². The number of hydrogen-bond acceptors (Lipinski definition) is 4. The van der Waals surface area contributed by atoms with Gasteiger partial charge < -0.3 is 10.2 Å². The Hall–Kier alpha value is -2.03. The quantitative estimate of drug-likeness (QED) is 0.355. The van der Waals surface area contributed by atoms with Gasteiger partial charge in [0.2, 0.25) is 0 Å². The lowest BCUT2D eigenvalue weighted by Crippen LogP contribution is -2.44. The molecule has 0 atom stereocenters. The number of carbonyl (C=O) groups is 1. The molecule has 1 saturated heterocycles. The molecule has 1 aliphatic rings. The molecule has 5 nitrogen and oxygen atoms in total. The molecule has 1 amide bonds. The first-order valence-corrected chi connectivity index (χ1v) is 8.73. The molecule has 0 radical (unpaired) electrons. The van der Waals surface area contributed by atoms with Gasteiger partial charge >= 0.3 is 0 Å². The molecule has 1 N–H and O–H groups in total. The van der Waals surface area contributed by atoms with Crippen molar-refractivity contribution in [3.05, 3.63) is 47.7 Å². The molecular weight excluding hydrogens is 324 g/mol. The Balaban J connectivity index is 1.82. The molecule has 1 heterocycles. The molecule has 0 aliphatic carbocycles. The van der Waals surface area contributed by atoms with E-state index in [4.69, 9.17) is 11.6 Å². The van der Waals surface area contributed by atoms with E-state index in [1.165, 1.54) is 5.56 Å². The van der Waals surface area contributed by atoms with Gasteiger partial charge in [-0.15, -0.1) is 11.6 Å². The second kappa shape index (κ2) is 9.96. The third-order valence-electron chi connectivity index (χ3n) is 3.93. The maximum atomic E-state index is 11.9. The molecule has 0 saturated carbocycles. The summed E-state index contributed by atoms with van der Waals surface area (Å²) in [6, 6.07) is 12.4. The fraction of sp³-hybridized carbons (Fsp3) is 0.444. The average molecular weight is 347 g/mol. The highest BCUT2D eigenvalue weighted by atomic mass is 35.5. The molecule has 2 rings (SSSR count). The topological polar surface area (TPSA) is 59.4 Å². The van der Waals surface area contributed by atoms with E-state index in [-0.39, 0.29) is 11.5 Å². The molecule has 1 aromatic rings. The van der Waals surface area contributed by atoms with E-state index >= 15 is 0 Å². The summed E-state index contributed by atoms with van der Waals surface area (Å²) in [6.45, 7) is 4.88. The van der Waals surface area contributed by atoms with Crippen LogP contribution < -0.4 is 5.32 Å². The summed E-state index contributed by atoms with van der Waals surface area (Å²) >= 11 is 5.58. The van der Waals surface area contributed by atoms with Gasteiger partial charge in [0.1, 0.15) is 11.6 Å². The van der Waals surface area contributed by atoms with Crippen molar-refractivity contribution in [2.45, 2.75) is 13.0 Å². The molecule has 0 aromatic heterocycles. The zero-order valence-electron chi connectivity index (χ0n) is 13.7. The minimum Gasteiger partial charge on any atom is -0.374 e. The number of halogens is 1. The first kappa shape index (κ1) is 18.3. The largest absolute Gasteiger partial charge is 0.374 e. The predicted molar refractivity (Wildman–Crippen MR) is 95.3 cm³/mol. The number of nitrogens with zero attached hydrogens (tertiary/aromatic N) is 3. The normalized spacial score (nSPS) is 15.8. The van der Waals surface area contributed by atoms with Crippen molar-refractivity contribution >= 4 is 17.5 Å². The number of piperazine rings is 1. The number of nitrogens with one attached hydrogen (secondary N) is 1. The highest BCUT2D eigenvalue weighted by Crippen LogP contribution is 2.09. The summed E-state index contributed by atoms with van der Waals surface area (Å²) in [5, 5.41) is 11.9. The molecule has 128 valence electrons. The van der Waals surface area contributed by atoms with E-state index in [2.05, 4.69) is 34.5 Å². The van der Waals surface area contributed by atoms with Crippen LogP contribution in [0, 0.1) is 11.3 Å². The number of amides is 1. The van der Waals surface area contributed by atoms with Crippen LogP contribution in [0.5, 0.6) is 0 Å².